The molecule has 2 heterocycles. The van der Waals surface area contributed by atoms with Gasteiger partial charge in [0.1, 0.15) is 5.82 Å². The van der Waals surface area contributed by atoms with Crippen LogP contribution in [0.4, 0.5) is 10.1 Å². The summed E-state index contributed by atoms with van der Waals surface area (Å²) in [7, 11) is 3.29. The molecule has 3 aromatic carbocycles. The Bertz CT molecular complexity index is 1660. The first-order valence-electron chi connectivity index (χ1n) is 11.3. The molecule has 0 radical (unpaired) electrons. The highest BCUT2D eigenvalue weighted by molar-refractivity contribution is 6.04. The summed E-state index contributed by atoms with van der Waals surface area (Å²) >= 11 is 0. The number of aromatic amines is 2. The van der Waals surface area contributed by atoms with Crippen molar-refractivity contribution in [2.75, 3.05) is 33.0 Å². The number of rotatable bonds is 6. The van der Waals surface area contributed by atoms with E-state index < -0.39 is 5.56 Å². The van der Waals surface area contributed by atoms with Crippen molar-refractivity contribution in [2.45, 2.75) is 0 Å². The van der Waals surface area contributed by atoms with E-state index in [9.17, 15) is 14.0 Å². The van der Waals surface area contributed by atoms with Gasteiger partial charge in [0.25, 0.3) is 11.5 Å². The second-order valence-corrected chi connectivity index (χ2v) is 8.55. The van der Waals surface area contributed by atoms with Crippen LogP contribution in [-0.2, 0) is 4.74 Å². The summed E-state index contributed by atoms with van der Waals surface area (Å²) < 4.78 is 18.4. The molecule has 9 heteroatoms. The van der Waals surface area contributed by atoms with Gasteiger partial charge in [-0.3, -0.25) is 9.59 Å². The maximum Gasteiger partial charge on any atom is 0.276 e. The number of carbonyl (C=O) groups excluding carboxylic acids is 1. The van der Waals surface area contributed by atoms with Crippen LogP contribution in [0.2, 0.25) is 0 Å². The molecule has 0 atom stereocenters. The number of amides is 1. The van der Waals surface area contributed by atoms with Crippen molar-refractivity contribution < 1.29 is 13.9 Å². The molecule has 0 aliphatic rings. The third-order valence-corrected chi connectivity index (χ3v) is 6.17. The number of aromatic nitrogens is 3. The normalized spacial score (nSPS) is 11.3. The molecule has 5 rings (SSSR count). The van der Waals surface area contributed by atoms with Gasteiger partial charge in [-0.05, 0) is 53.6 Å². The van der Waals surface area contributed by atoms with Crippen molar-refractivity contribution in [1.82, 2.24) is 19.9 Å². The number of ether oxygens (including phenoxy) is 1. The van der Waals surface area contributed by atoms with Crippen LogP contribution >= 0.6 is 0 Å². The van der Waals surface area contributed by atoms with Crippen molar-refractivity contribution in [1.29, 1.82) is 0 Å². The molecule has 0 unspecified atom stereocenters. The highest BCUT2D eigenvalue weighted by Crippen LogP contribution is 2.32. The van der Waals surface area contributed by atoms with E-state index in [0.717, 1.165) is 11.1 Å². The summed E-state index contributed by atoms with van der Waals surface area (Å²) in [4.78, 5) is 37.9. The van der Waals surface area contributed by atoms with E-state index in [0.29, 0.717) is 52.0 Å². The Balaban J connectivity index is 1.56. The Morgan fingerprint density at radius 3 is 2.50 bits per heavy atom. The average Bonchev–Trinajstić information content (AvgIpc) is 3.22. The molecule has 0 bridgehead atoms. The number of nitrogens with one attached hydrogen (secondary N) is 2. The van der Waals surface area contributed by atoms with Crippen LogP contribution < -0.4 is 11.3 Å². The lowest BCUT2D eigenvalue weighted by atomic mass is 10.0. The second-order valence-electron chi connectivity index (χ2n) is 8.55. The molecule has 5 aromatic rings. The standard InChI is InChI=1S/C27H24FN5O3/c1-33(11-12-36-2)27(35)17-6-9-20-19(13-17)23(29)24(30-20)25-26(34)32-21-10-5-16(14-22(21)31-25)15-3-7-18(28)8-4-15/h3-10,13-14,30H,11-12,29H2,1-2H3,(H,32,34). The molecule has 8 nitrogen and oxygen atoms in total. The van der Waals surface area contributed by atoms with E-state index in [1.54, 1.807) is 55.5 Å². The molecule has 36 heavy (non-hydrogen) atoms. The van der Waals surface area contributed by atoms with Crippen LogP contribution in [0, 0.1) is 5.82 Å². The lowest BCUT2D eigenvalue weighted by Gasteiger charge is -2.16. The van der Waals surface area contributed by atoms with Gasteiger partial charge in [-0.2, -0.15) is 0 Å². The van der Waals surface area contributed by atoms with Crippen molar-refractivity contribution in [3.05, 3.63) is 82.4 Å². The van der Waals surface area contributed by atoms with Crippen LogP contribution in [0.5, 0.6) is 0 Å². The number of anilines is 1. The van der Waals surface area contributed by atoms with E-state index in [4.69, 9.17) is 10.5 Å². The zero-order chi connectivity index (χ0) is 25.4. The predicted molar refractivity (Wildman–Crippen MR) is 138 cm³/mol. The zero-order valence-electron chi connectivity index (χ0n) is 19.8. The molecule has 0 spiro atoms. The van der Waals surface area contributed by atoms with Gasteiger partial charge in [-0.1, -0.05) is 18.2 Å². The number of halogens is 1. The van der Waals surface area contributed by atoms with Gasteiger partial charge < -0.3 is 25.3 Å². The molecule has 0 saturated carbocycles. The first kappa shape index (κ1) is 23.3. The van der Waals surface area contributed by atoms with Crippen LogP contribution in [0.25, 0.3) is 44.5 Å². The summed E-state index contributed by atoms with van der Waals surface area (Å²) in [5.41, 5.74) is 10.8. The number of nitrogen functional groups attached to an aromatic ring is 1. The number of H-pyrrole nitrogens is 2. The summed E-state index contributed by atoms with van der Waals surface area (Å²) in [5.74, 6) is -0.476. The van der Waals surface area contributed by atoms with E-state index in [1.165, 1.54) is 12.1 Å². The smallest absolute Gasteiger partial charge is 0.276 e. The number of benzene rings is 3. The van der Waals surface area contributed by atoms with Crippen molar-refractivity contribution in [2.24, 2.45) is 0 Å². The molecule has 0 aliphatic heterocycles. The highest BCUT2D eigenvalue weighted by atomic mass is 19.1. The molecular weight excluding hydrogens is 461 g/mol. The Kier molecular flexibility index (Phi) is 5.99. The molecule has 0 saturated heterocycles. The minimum Gasteiger partial charge on any atom is -0.396 e. The number of nitrogens with two attached hydrogens (primary N) is 1. The molecule has 0 aliphatic carbocycles. The molecule has 1 amide bonds. The Morgan fingerprint density at radius 2 is 1.75 bits per heavy atom. The van der Waals surface area contributed by atoms with Gasteiger partial charge in [0, 0.05) is 37.2 Å². The molecule has 182 valence electrons. The zero-order valence-corrected chi connectivity index (χ0v) is 19.8. The van der Waals surface area contributed by atoms with Gasteiger partial charge in [0.2, 0.25) is 0 Å². The maximum absolute atomic E-state index is 13.3. The fourth-order valence-electron chi connectivity index (χ4n) is 4.16. The number of hydrogen-bond acceptors (Lipinski definition) is 5. The number of nitrogens with zero attached hydrogens (tertiary/aromatic N) is 2. The molecule has 4 N–H and O–H groups in total. The maximum atomic E-state index is 13.3. The first-order chi connectivity index (χ1) is 17.4. The van der Waals surface area contributed by atoms with E-state index in [-0.39, 0.29) is 17.4 Å². The van der Waals surface area contributed by atoms with Gasteiger partial charge >= 0.3 is 0 Å². The Labute approximate surface area is 205 Å². The summed E-state index contributed by atoms with van der Waals surface area (Å²) in [5, 5.41) is 0.623. The average molecular weight is 486 g/mol. The van der Waals surface area contributed by atoms with Crippen LogP contribution in [0.15, 0.2) is 65.5 Å². The number of carbonyl (C=O) groups is 1. The molecule has 0 fully saturated rings. The van der Waals surface area contributed by atoms with E-state index in [2.05, 4.69) is 15.0 Å². The van der Waals surface area contributed by atoms with E-state index in [1.807, 2.05) is 12.1 Å². The highest BCUT2D eigenvalue weighted by Gasteiger charge is 2.19. The summed E-state index contributed by atoms with van der Waals surface area (Å²) in [6.07, 6.45) is 0. The minimum atomic E-state index is -0.397. The summed E-state index contributed by atoms with van der Waals surface area (Å²) in [6.45, 7) is 0.887. The Hall–Kier alpha value is -4.50. The fraction of sp³-hybridized carbons (Fsp3) is 0.148. The van der Waals surface area contributed by atoms with Crippen molar-refractivity contribution in [3.63, 3.8) is 0 Å². The van der Waals surface area contributed by atoms with Crippen LogP contribution in [0.3, 0.4) is 0 Å². The monoisotopic (exact) mass is 485 g/mol. The SMILES string of the molecule is COCCN(C)C(=O)c1ccc2[nH]c(-c3nc4cc(-c5ccc(F)cc5)ccc4[nH]c3=O)c(N)c2c1. The Morgan fingerprint density at radius 1 is 1.03 bits per heavy atom. The quantitative estimate of drug-likeness (QED) is 0.334. The third kappa shape index (κ3) is 4.20. The summed E-state index contributed by atoms with van der Waals surface area (Å²) in [6, 6.07) is 16.8. The van der Waals surface area contributed by atoms with Crippen molar-refractivity contribution >= 4 is 33.5 Å². The predicted octanol–water partition coefficient (Wildman–Crippen LogP) is 4.18. The van der Waals surface area contributed by atoms with Gasteiger partial charge in [-0.25, -0.2) is 9.37 Å². The lowest BCUT2D eigenvalue weighted by Crippen LogP contribution is -2.29. The largest absolute Gasteiger partial charge is 0.396 e. The van der Waals surface area contributed by atoms with Crippen LogP contribution in [-0.4, -0.2) is 53.1 Å². The number of methoxy groups -OCH3 is 1. The van der Waals surface area contributed by atoms with Crippen molar-refractivity contribution in [3.8, 4) is 22.5 Å². The van der Waals surface area contributed by atoms with E-state index >= 15 is 0 Å². The fourth-order valence-corrected chi connectivity index (χ4v) is 4.16. The lowest BCUT2D eigenvalue weighted by molar-refractivity contribution is 0.0744. The van der Waals surface area contributed by atoms with Gasteiger partial charge in [0.05, 0.1) is 29.0 Å². The van der Waals surface area contributed by atoms with Gasteiger partial charge in [0.15, 0.2) is 5.69 Å². The van der Waals surface area contributed by atoms with Crippen LogP contribution in [0.1, 0.15) is 10.4 Å². The van der Waals surface area contributed by atoms with Gasteiger partial charge in [-0.15, -0.1) is 0 Å². The number of hydrogen-bond donors (Lipinski definition) is 3. The molecule has 2 aromatic heterocycles. The second kappa shape index (κ2) is 9.27. The topological polar surface area (TPSA) is 117 Å². The number of fused-ring (bicyclic) bond motifs is 2. The minimum absolute atomic E-state index is 0.137. The number of likely N-dealkylation sites (N-methyl/N-ethyl adjacent to an activating group) is 1. The molecular formula is C27H24FN5O3. The third-order valence-electron chi connectivity index (χ3n) is 6.17. The first-order valence-corrected chi connectivity index (χ1v) is 11.3.